The van der Waals surface area contributed by atoms with E-state index in [1.165, 1.54) is 12.3 Å². The second-order valence-electron chi connectivity index (χ2n) is 8.18. The highest BCUT2D eigenvalue weighted by Crippen LogP contribution is 2.34. The smallest absolute Gasteiger partial charge is 0.348 e. The summed E-state index contributed by atoms with van der Waals surface area (Å²) in [5.74, 6) is -1.54. The number of fused-ring (bicyclic) bond motifs is 1. The first-order valence-electron chi connectivity index (χ1n) is 11.9. The quantitative estimate of drug-likeness (QED) is 0.249. The summed E-state index contributed by atoms with van der Waals surface area (Å²) in [6, 6.07) is 11.5. The fourth-order valence-electron chi connectivity index (χ4n) is 3.78. The minimum absolute atomic E-state index is 0.0854. The minimum atomic E-state index is -0.666. The summed E-state index contributed by atoms with van der Waals surface area (Å²) in [7, 11) is 0. The normalized spacial score (nSPS) is 10.8. The van der Waals surface area contributed by atoms with Gasteiger partial charge in [0, 0.05) is 11.1 Å². The summed E-state index contributed by atoms with van der Waals surface area (Å²) in [4.78, 5) is 50.7. The molecule has 0 fully saturated rings. The Hall–Kier alpha value is -4.15. The number of carbonyl (C=O) groups is 3. The number of carbonyl (C=O) groups excluding carboxylic acids is 3. The van der Waals surface area contributed by atoms with Crippen LogP contribution in [0.4, 0.5) is 5.00 Å². The summed E-state index contributed by atoms with van der Waals surface area (Å²) in [6.07, 6.45) is 1.36. The third-order valence-electron chi connectivity index (χ3n) is 5.61. The third kappa shape index (κ3) is 6.13. The highest BCUT2D eigenvalue weighted by molar-refractivity contribution is 7.18. The molecular weight excluding hydrogens is 546 g/mol. The van der Waals surface area contributed by atoms with Gasteiger partial charge in [-0.2, -0.15) is 0 Å². The molecule has 0 aliphatic carbocycles. The molecular formula is C28H24ClNO8S. The van der Waals surface area contributed by atoms with Gasteiger partial charge in [-0.25, -0.2) is 9.59 Å². The molecule has 2 aromatic heterocycles. The average Bonchev–Trinajstić information content (AvgIpc) is 3.24. The van der Waals surface area contributed by atoms with Crippen molar-refractivity contribution in [1.82, 2.24) is 0 Å². The summed E-state index contributed by atoms with van der Waals surface area (Å²) in [5, 5.41) is 3.67. The Bertz CT molecular complexity index is 1610. The van der Waals surface area contributed by atoms with Crippen LogP contribution >= 0.6 is 22.9 Å². The minimum Gasteiger partial charge on any atom is -0.484 e. The van der Waals surface area contributed by atoms with Gasteiger partial charge >= 0.3 is 11.9 Å². The van der Waals surface area contributed by atoms with Crippen molar-refractivity contribution < 1.29 is 33.0 Å². The first kappa shape index (κ1) is 27.9. The van der Waals surface area contributed by atoms with Gasteiger partial charge < -0.3 is 23.9 Å². The van der Waals surface area contributed by atoms with Crippen molar-refractivity contribution >= 4 is 56.8 Å². The lowest BCUT2D eigenvalue weighted by molar-refractivity contribution is -0.118. The largest absolute Gasteiger partial charge is 0.484 e. The van der Waals surface area contributed by atoms with Gasteiger partial charge in [-0.15, -0.1) is 11.3 Å². The maximum Gasteiger partial charge on any atom is 0.348 e. The van der Waals surface area contributed by atoms with Crippen molar-refractivity contribution in [2.75, 3.05) is 25.1 Å². The van der Waals surface area contributed by atoms with Crippen molar-refractivity contribution in [1.29, 1.82) is 0 Å². The van der Waals surface area contributed by atoms with Gasteiger partial charge in [0.05, 0.1) is 29.7 Å². The van der Waals surface area contributed by atoms with Crippen LogP contribution in [0.15, 0.2) is 57.9 Å². The molecule has 0 spiro atoms. The predicted octanol–water partition coefficient (Wildman–Crippen LogP) is 5.85. The van der Waals surface area contributed by atoms with Crippen molar-refractivity contribution in [3.8, 4) is 16.9 Å². The zero-order valence-electron chi connectivity index (χ0n) is 21.3. The monoisotopic (exact) mass is 569 g/mol. The molecule has 11 heteroatoms. The molecule has 39 heavy (non-hydrogen) atoms. The van der Waals surface area contributed by atoms with Crippen molar-refractivity contribution in [2.45, 2.75) is 20.8 Å². The van der Waals surface area contributed by atoms with Gasteiger partial charge in [-0.05, 0) is 56.2 Å². The predicted molar refractivity (Wildman–Crippen MR) is 148 cm³/mol. The number of anilines is 1. The molecule has 0 aliphatic heterocycles. The summed E-state index contributed by atoms with van der Waals surface area (Å²) < 4.78 is 21.4. The number of ether oxygens (including phenoxy) is 3. The zero-order chi connectivity index (χ0) is 28.1. The van der Waals surface area contributed by atoms with Crippen LogP contribution in [-0.4, -0.2) is 37.7 Å². The van der Waals surface area contributed by atoms with Gasteiger partial charge in [0.1, 0.15) is 27.5 Å². The Kier molecular flexibility index (Phi) is 8.68. The van der Waals surface area contributed by atoms with Crippen LogP contribution in [0.5, 0.6) is 5.75 Å². The van der Waals surface area contributed by atoms with Crippen molar-refractivity contribution in [3.63, 3.8) is 0 Å². The number of halogens is 1. The van der Waals surface area contributed by atoms with E-state index in [0.29, 0.717) is 32.8 Å². The second kappa shape index (κ2) is 12.1. The van der Waals surface area contributed by atoms with E-state index < -0.39 is 24.5 Å². The van der Waals surface area contributed by atoms with Gasteiger partial charge in [-0.1, -0.05) is 23.7 Å². The lowest BCUT2D eigenvalue weighted by Crippen LogP contribution is -2.21. The van der Waals surface area contributed by atoms with E-state index in [4.69, 9.17) is 30.2 Å². The first-order valence-corrected chi connectivity index (χ1v) is 13.1. The molecule has 0 saturated heterocycles. The molecule has 2 heterocycles. The van der Waals surface area contributed by atoms with Crippen LogP contribution in [0.1, 0.15) is 39.4 Å². The Morgan fingerprint density at radius 1 is 1.00 bits per heavy atom. The molecule has 1 N–H and O–H groups in total. The van der Waals surface area contributed by atoms with E-state index in [-0.39, 0.29) is 39.7 Å². The molecule has 0 saturated carbocycles. The highest BCUT2D eigenvalue weighted by Gasteiger charge is 2.27. The Morgan fingerprint density at radius 2 is 1.69 bits per heavy atom. The topological polar surface area (TPSA) is 121 Å². The second-order valence-corrected chi connectivity index (χ2v) is 9.64. The fraction of sp³-hybridized carbons (Fsp3) is 0.214. The number of benzene rings is 2. The Balaban J connectivity index is 1.50. The molecule has 4 aromatic rings. The molecule has 0 unspecified atom stereocenters. The molecule has 202 valence electrons. The van der Waals surface area contributed by atoms with Crippen molar-refractivity contribution in [2.24, 2.45) is 0 Å². The number of hydrogen-bond donors (Lipinski definition) is 1. The fourth-order valence-corrected chi connectivity index (χ4v) is 5.01. The molecule has 2 aromatic carbocycles. The van der Waals surface area contributed by atoms with E-state index in [0.717, 1.165) is 11.3 Å². The van der Waals surface area contributed by atoms with Gasteiger partial charge in [0.25, 0.3) is 5.91 Å². The molecule has 1 amide bonds. The van der Waals surface area contributed by atoms with E-state index in [1.807, 2.05) is 0 Å². The highest BCUT2D eigenvalue weighted by atomic mass is 35.5. The maximum atomic E-state index is 13.0. The van der Waals surface area contributed by atoms with E-state index in [2.05, 4.69) is 5.32 Å². The Labute approximate surface area is 232 Å². The standard InChI is InChI=1S/C28H24ClNO8S/c1-4-35-27(33)23-15(3)25(28(34)36-5-2)39-26(23)30-22(31)14-37-18-10-11-19-21(12-18)38-13-20(24(19)32)16-6-8-17(29)9-7-16/h6-13H,4-5,14H2,1-3H3,(H,30,31). The van der Waals surface area contributed by atoms with Gasteiger partial charge in [0.2, 0.25) is 0 Å². The molecule has 0 bridgehead atoms. The molecule has 9 nitrogen and oxygen atoms in total. The number of amides is 1. The number of esters is 2. The maximum absolute atomic E-state index is 13.0. The summed E-state index contributed by atoms with van der Waals surface area (Å²) >= 11 is 6.85. The van der Waals surface area contributed by atoms with E-state index in [1.54, 1.807) is 57.2 Å². The molecule has 0 atom stereocenters. The first-order chi connectivity index (χ1) is 18.7. The SMILES string of the molecule is CCOC(=O)c1sc(NC(=O)COc2ccc3c(=O)c(-c4ccc(Cl)cc4)coc3c2)c(C(=O)OCC)c1C. The number of hydrogen-bond acceptors (Lipinski definition) is 9. The number of rotatable bonds is 9. The van der Waals surface area contributed by atoms with Crippen LogP contribution in [0.25, 0.3) is 22.1 Å². The van der Waals surface area contributed by atoms with Crippen molar-refractivity contribution in [3.05, 3.63) is 80.0 Å². The molecule has 0 radical (unpaired) electrons. The number of thiophene rings is 1. The average molecular weight is 570 g/mol. The van der Waals surface area contributed by atoms with E-state index in [9.17, 15) is 19.2 Å². The van der Waals surface area contributed by atoms with Crippen LogP contribution in [0, 0.1) is 6.92 Å². The Morgan fingerprint density at radius 3 is 2.38 bits per heavy atom. The van der Waals surface area contributed by atoms with Crippen LogP contribution < -0.4 is 15.5 Å². The van der Waals surface area contributed by atoms with Crippen LogP contribution in [0.3, 0.4) is 0 Å². The van der Waals surface area contributed by atoms with E-state index >= 15 is 0 Å². The lowest BCUT2D eigenvalue weighted by atomic mass is 10.1. The van der Waals surface area contributed by atoms with Gasteiger partial charge in [0.15, 0.2) is 12.0 Å². The molecule has 0 aliphatic rings. The third-order valence-corrected chi connectivity index (χ3v) is 7.05. The molecule has 4 rings (SSSR count). The summed E-state index contributed by atoms with van der Waals surface area (Å²) in [5.41, 5.74) is 1.56. The van der Waals surface area contributed by atoms with Crippen LogP contribution in [0.2, 0.25) is 5.02 Å². The lowest BCUT2D eigenvalue weighted by Gasteiger charge is -2.09. The number of nitrogens with one attached hydrogen (secondary N) is 1. The van der Waals surface area contributed by atoms with Gasteiger partial charge in [-0.3, -0.25) is 9.59 Å². The van der Waals surface area contributed by atoms with Crippen LogP contribution in [-0.2, 0) is 14.3 Å². The summed E-state index contributed by atoms with van der Waals surface area (Å²) in [6.45, 7) is 4.79. The zero-order valence-corrected chi connectivity index (χ0v) is 22.9.